The Labute approximate surface area is 270 Å². The quantitative estimate of drug-likeness (QED) is 0.0971. The van der Waals surface area contributed by atoms with Crippen LogP contribution in [-0.2, 0) is 6.42 Å². The summed E-state index contributed by atoms with van der Waals surface area (Å²) in [6.45, 7) is 0. The lowest BCUT2D eigenvalue weighted by Crippen LogP contribution is -2.11. The Balaban J connectivity index is 1.22. The molecule has 0 fully saturated rings. The summed E-state index contributed by atoms with van der Waals surface area (Å²) in [5.74, 6) is -4.44. The van der Waals surface area contributed by atoms with Gasteiger partial charge in [0.05, 0.1) is 11.2 Å². The molecule has 0 aliphatic heterocycles. The molecule has 5 N–H and O–H groups in total. The molecule has 230 valence electrons. The molecule has 1 aliphatic rings. The van der Waals surface area contributed by atoms with E-state index in [4.69, 9.17) is 0 Å². The lowest BCUT2D eigenvalue weighted by atomic mass is 10.0. The van der Waals surface area contributed by atoms with Gasteiger partial charge in [-0.15, -0.1) is 0 Å². The molecule has 0 saturated heterocycles. The van der Waals surface area contributed by atoms with E-state index in [1.807, 2.05) is 66.7 Å². The number of anilines is 3. The Kier molecular flexibility index (Phi) is 6.54. The lowest BCUT2D eigenvalue weighted by molar-refractivity contribution is 0.329. The Morgan fingerprint density at radius 2 is 1.15 bits per heavy atom. The highest BCUT2D eigenvalue weighted by Gasteiger charge is 2.30. The second kappa shape index (κ2) is 10.9. The van der Waals surface area contributed by atoms with Gasteiger partial charge in [0.2, 0.25) is 17.2 Å². The first-order valence-electron chi connectivity index (χ1n) is 15.4. The molecule has 1 aromatic heterocycles. The molecule has 1 aliphatic carbocycles. The normalized spacial score (nSPS) is 12.4. The van der Waals surface area contributed by atoms with Crippen molar-refractivity contribution in [3.05, 3.63) is 133 Å². The summed E-state index contributed by atoms with van der Waals surface area (Å²) in [4.78, 5) is 1.55. The van der Waals surface area contributed by atoms with E-state index in [-0.39, 0.29) is 5.69 Å². The third-order valence-corrected chi connectivity index (χ3v) is 9.01. The zero-order valence-corrected chi connectivity index (χ0v) is 25.2. The van der Waals surface area contributed by atoms with Crippen molar-refractivity contribution in [3.63, 3.8) is 0 Å². The molecule has 0 saturated carbocycles. The summed E-state index contributed by atoms with van der Waals surface area (Å²) in [5.41, 5.74) is 7.68. The van der Waals surface area contributed by atoms with Gasteiger partial charge in [-0.1, -0.05) is 91.0 Å². The molecule has 7 heteroatoms. The molecule has 7 nitrogen and oxygen atoms in total. The van der Waals surface area contributed by atoms with E-state index >= 15 is 0 Å². The molecule has 1 heterocycles. The van der Waals surface area contributed by atoms with Gasteiger partial charge in [0, 0.05) is 33.4 Å². The van der Waals surface area contributed by atoms with Crippen LogP contribution in [0.15, 0.2) is 121 Å². The highest BCUT2D eigenvalue weighted by Crippen LogP contribution is 2.58. The van der Waals surface area contributed by atoms with E-state index < -0.39 is 28.7 Å². The van der Waals surface area contributed by atoms with Crippen LogP contribution < -0.4 is 4.90 Å². The number of aromatic hydroxyl groups is 5. The van der Waals surface area contributed by atoms with E-state index in [0.717, 1.165) is 40.4 Å². The van der Waals surface area contributed by atoms with Crippen molar-refractivity contribution in [2.24, 2.45) is 0 Å². The van der Waals surface area contributed by atoms with Gasteiger partial charge < -0.3 is 35.0 Å². The first-order chi connectivity index (χ1) is 22.9. The molecule has 0 bridgehead atoms. The van der Waals surface area contributed by atoms with Gasteiger partial charge in [-0.2, -0.15) is 0 Å². The molecular weight excluding hydrogens is 588 g/mol. The minimum atomic E-state index is -1.01. The second-order valence-corrected chi connectivity index (χ2v) is 11.7. The summed E-state index contributed by atoms with van der Waals surface area (Å²) in [6, 6.07) is 37.8. The fourth-order valence-electron chi connectivity index (χ4n) is 6.75. The van der Waals surface area contributed by atoms with E-state index in [1.54, 1.807) is 4.90 Å². The van der Waals surface area contributed by atoms with Gasteiger partial charge in [0.25, 0.3) is 0 Å². The molecule has 6 aromatic carbocycles. The number of aromatic nitrogens is 1. The van der Waals surface area contributed by atoms with Crippen LogP contribution in [0.3, 0.4) is 0 Å². The number of hydrogen-bond acceptors (Lipinski definition) is 6. The summed E-state index contributed by atoms with van der Waals surface area (Å²) < 4.78 is 2.35. The second-order valence-electron chi connectivity index (χ2n) is 11.7. The van der Waals surface area contributed by atoms with Gasteiger partial charge in [0.15, 0.2) is 11.5 Å². The number of hydrogen-bond donors (Lipinski definition) is 5. The molecule has 0 amide bonds. The van der Waals surface area contributed by atoms with Crippen LogP contribution in [0.5, 0.6) is 28.7 Å². The molecule has 0 atom stereocenters. The summed E-state index contributed by atoms with van der Waals surface area (Å²) >= 11 is 0. The number of rotatable bonds is 5. The van der Waals surface area contributed by atoms with Crippen molar-refractivity contribution in [3.8, 4) is 45.6 Å². The predicted octanol–water partition coefficient (Wildman–Crippen LogP) is 9.41. The van der Waals surface area contributed by atoms with Crippen molar-refractivity contribution in [2.75, 3.05) is 4.90 Å². The van der Waals surface area contributed by atoms with Crippen molar-refractivity contribution in [2.45, 2.75) is 12.8 Å². The van der Waals surface area contributed by atoms with E-state index in [9.17, 15) is 25.5 Å². The average molecular weight is 619 g/mol. The molecule has 8 rings (SSSR count). The largest absolute Gasteiger partial charge is 0.503 e. The first kappa shape index (κ1) is 28.2. The van der Waals surface area contributed by atoms with Crippen LogP contribution in [0.4, 0.5) is 17.1 Å². The maximum Gasteiger partial charge on any atom is 0.208 e. The van der Waals surface area contributed by atoms with Gasteiger partial charge in [-0.3, -0.25) is 0 Å². The number of phenolic OH excluding ortho intramolecular Hbond substituents is 5. The van der Waals surface area contributed by atoms with Crippen molar-refractivity contribution >= 4 is 44.8 Å². The average Bonchev–Trinajstić information content (AvgIpc) is 3.46. The van der Waals surface area contributed by atoms with E-state index in [1.165, 1.54) is 22.2 Å². The van der Waals surface area contributed by atoms with Crippen molar-refractivity contribution < 1.29 is 25.5 Å². The third kappa shape index (κ3) is 4.43. The third-order valence-electron chi connectivity index (χ3n) is 9.01. The number of para-hydroxylation sites is 1. The number of nitrogens with zero attached hydrogens (tertiary/aromatic N) is 2. The Hall–Kier alpha value is -6.34. The molecule has 0 radical (unpaired) electrons. The number of fused-ring (bicyclic) bond motifs is 4. The fourth-order valence-corrected chi connectivity index (χ4v) is 6.75. The predicted molar refractivity (Wildman–Crippen MR) is 187 cm³/mol. The maximum absolute atomic E-state index is 11.0. The number of phenols is 5. The van der Waals surface area contributed by atoms with Gasteiger partial charge in [-0.25, -0.2) is 0 Å². The van der Waals surface area contributed by atoms with Gasteiger partial charge in [-0.05, 0) is 65.8 Å². The molecule has 0 unspecified atom stereocenters. The summed E-state index contributed by atoms with van der Waals surface area (Å²) in [7, 11) is 0. The molecule has 47 heavy (non-hydrogen) atoms. The van der Waals surface area contributed by atoms with Crippen LogP contribution in [0.1, 0.15) is 17.7 Å². The van der Waals surface area contributed by atoms with Crippen LogP contribution in [0.25, 0.3) is 44.6 Å². The minimum Gasteiger partial charge on any atom is -0.503 e. The van der Waals surface area contributed by atoms with Crippen LogP contribution in [-0.4, -0.2) is 30.1 Å². The van der Waals surface area contributed by atoms with Gasteiger partial charge >= 0.3 is 0 Å². The number of benzene rings is 6. The Morgan fingerprint density at radius 1 is 0.553 bits per heavy atom. The zero-order chi connectivity index (χ0) is 32.2. The topological polar surface area (TPSA) is 109 Å². The molecular formula is C40H30N2O5. The molecule has 7 aromatic rings. The lowest BCUT2D eigenvalue weighted by Gasteiger charge is -2.28. The van der Waals surface area contributed by atoms with Crippen LogP contribution in [0, 0.1) is 0 Å². The van der Waals surface area contributed by atoms with Crippen LogP contribution in [0.2, 0.25) is 0 Å². The smallest absolute Gasteiger partial charge is 0.208 e. The van der Waals surface area contributed by atoms with E-state index in [0.29, 0.717) is 11.4 Å². The number of allylic oxidation sites excluding steroid dienone is 1. The Morgan fingerprint density at radius 3 is 1.87 bits per heavy atom. The minimum absolute atomic E-state index is 0.275. The van der Waals surface area contributed by atoms with E-state index in [2.05, 4.69) is 65.3 Å². The highest BCUT2D eigenvalue weighted by atomic mass is 16.4. The first-order valence-corrected chi connectivity index (χ1v) is 15.4. The molecule has 0 spiro atoms. The summed E-state index contributed by atoms with van der Waals surface area (Å²) in [6.07, 6.45) is 6.47. The van der Waals surface area contributed by atoms with Crippen molar-refractivity contribution in [1.82, 2.24) is 4.57 Å². The SMILES string of the molecule is Oc1c(O)c(O)c(N(c2ccc(-c3ccc(-n4c5c(c6ccccc64)C=CCC5)cc3)cc2)c2cccc3ccccc23)c(O)c1O. The van der Waals surface area contributed by atoms with Crippen molar-refractivity contribution in [1.29, 1.82) is 0 Å². The standard InChI is InChI=1S/C40H30N2O5/c43-36-35(37(44)39(46)40(47)38(36)45)42(32-15-7-9-26-8-1-2-10-29(26)32)28-22-18-25(19-23-28)24-16-20-27(21-17-24)41-33-13-5-3-11-30(33)31-12-4-6-14-34(31)41/h1-5,7-13,15-23,43-47H,6,14H2. The maximum atomic E-state index is 11.0. The summed E-state index contributed by atoms with van der Waals surface area (Å²) in [5, 5.41) is 56.0. The van der Waals surface area contributed by atoms with Gasteiger partial charge in [0.1, 0.15) is 5.69 Å². The highest BCUT2D eigenvalue weighted by molar-refractivity contribution is 6.01. The Bertz CT molecular complexity index is 2320. The monoisotopic (exact) mass is 618 g/mol. The zero-order valence-electron chi connectivity index (χ0n) is 25.2. The fraction of sp³-hybridized carbons (Fsp3) is 0.0500. The van der Waals surface area contributed by atoms with Crippen LogP contribution >= 0.6 is 0 Å².